The Labute approximate surface area is 166 Å². The Morgan fingerprint density at radius 1 is 1.36 bits per heavy atom. The van der Waals surface area contributed by atoms with Crippen LogP contribution < -0.4 is 10.1 Å². The molecule has 0 aliphatic carbocycles. The predicted molar refractivity (Wildman–Crippen MR) is 109 cm³/mol. The number of nitrogens with zero attached hydrogens (tertiary/aromatic N) is 4. The summed E-state index contributed by atoms with van der Waals surface area (Å²) in [5.74, 6) is 1.60. The molecule has 0 spiro atoms. The van der Waals surface area contributed by atoms with Gasteiger partial charge < -0.3 is 19.7 Å². The smallest absolute Gasteiger partial charge is 0.212 e. The zero-order chi connectivity index (χ0) is 16.8. The average molecular weight is 461 g/mol. The van der Waals surface area contributed by atoms with Crippen molar-refractivity contribution >= 4 is 29.9 Å². The number of morpholine rings is 1. The third-order valence-corrected chi connectivity index (χ3v) is 4.69. The molecule has 2 aliphatic rings. The molecule has 2 fully saturated rings. The number of methoxy groups -OCH3 is 1. The lowest BCUT2D eigenvalue weighted by atomic mass is 10.2. The van der Waals surface area contributed by atoms with Crippen LogP contribution in [0.3, 0.4) is 0 Å². The zero-order valence-corrected chi connectivity index (χ0v) is 17.3. The van der Waals surface area contributed by atoms with Gasteiger partial charge in [-0.2, -0.15) is 0 Å². The first-order valence-electron chi connectivity index (χ1n) is 8.56. The Morgan fingerprint density at radius 3 is 2.80 bits per heavy atom. The van der Waals surface area contributed by atoms with Crippen molar-refractivity contribution in [2.75, 3.05) is 53.6 Å². The van der Waals surface area contributed by atoms with Crippen molar-refractivity contribution in [3.8, 4) is 5.88 Å². The van der Waals surface area contributed by atoms with Crippen molar-refractivity contribution in [1.82, 2.24) is 20.1 Å². The molecule has 0 radical (unpaired) electrons. The highest BCUT2D eigenvalue weighted by molar-refractivity contribution is 14.0. The first kappa shape index (κ1) is 20.2. The molecule has 1 aromatic heterocycles. The molecule has 2 aliphatic heterocycles. The molecule has 8 heteroatoms. The van der Waals surface area contributed by atoms with E-state index in [1.54, 1.807) is 7.11 Å². The Bertz CT molecular complexity index is 548. The van der Waals surface area contributed by atoms with Gasteiger partial charge in [0.05, 0.1) is 20.3 Å². The minimum absolute atomic E-state index is 0. The number of pyridine rings is 1. The minimum atomic E-state index is 0. The third kappa shape index (κ3) is 5.42. The van der Waals surface area contributed by atoms with Gasteiger partial charge in [-0.25, -0.2) is 4.98 Å². The van der Waals surface area contributed by atoms with Crippen molar-refractivity contribution in [2.45, 2.75) is 19.0 Å². The predicted octanol–water partition coefficient (Wildman–Crippen LogP) is 1.19. The maximum absolute atomic E-state index is 5.45. The van der Waals surface area contributed by atoms with Crippen LogP contribution in [0.15, 0.2) is 23.3 Å². The first-order valence-corrected chi connectivity index (χ1v) is 8.56. The molecule has 0 bridgehead atoms. The number of ether oxygens (including phenoxy) is 2. The molecule has 2 saturated heterocycles. The highest BCUT2D eigenvalue weighted by Gasteiger charge is 2.30. The molecule has 7 nitrogen and oxygen atoms in total. The van der Waals surface area contributed by atoms with E-state index in [2.05, 4.69) is 25.1 Å². The summed E-state index contributed by atoms with van der Waals surface area (Å²) in [5, 5.41) is 3.44. The van der Waals surface area contributed by atoms with Crippen LogP contribution in [0, 0.1) is 0 Å². The van der Waals surface area contributed by atoms with E-state index < -0.39 is 0 Å². The molecule has 3 rings (SSSR count). The van der Waals surface area contributed by atoms with E-state index in [1.807, 2.05) is 25.4 Å². The third-order valence-electron chi connectivity index (χ3n) is 4.69. The standard InChI is InChI=1S/C17H27N5O2.HI/c1-18-17(20-12-14-3-4-16(23-2)19-11-14)22-6-5-15(13-22)21-7-9-24-10-8-21;/h3-4,11,15H,5-10,12-13H2,1-2H3,(H,18,20);1H. The number of rotatable bonds is 4. The summed E-state index contributed by atoms with van der Waals surface area (Å²) < 4.78 is 10.5. The van der Waals surface area contributed by atoms with Gasteiger partial charge in [0.1, 0.15) is 0 Å². The Hall–Kier alpha value is -1.13. The Kier molecular flexibility index (Phi) is 8.17. The number of hydrogen-bond acceptors (Lipinski definition) is 5. The zero-order valence-electron chi connectivity index (χ0n) is 15.0. The highest BCUT2D eigenvalue weighted by Crippen LogP contribution is 2.17. The van der Waals surface area contributed by atoms with Crippen LogP contribution in [-0.2, 0) is 11.3 Å². The summed E-state index contributed by atoms with van der Waals surface area (Å²) in [4.78, 5) is 13.6. The van der Waals surface area contributed by atoms with Crippen molar-refractivity contribution in [3.63, 3.8) is 0 Å². The summed E-state index contributed by atoms with van der Waals surface area (Å²) in [6.45, 7) is 6.58. The van der Waals surface area contributed by atoms with Gasteiger partial charge in [-0.3, -0.25) is 9.89 Å². The largest absolute Gasteiger partial charge is 0.481 e. The summed E-state index contributed by atoms with van der Waals surface area (Å²) >= 11 is 0. The van der Waals surface area contributed by atoms with E-state index in [-0.39, 0.29) is 24.0 Å². The average Bonchev–Trinajstić information content (AvgIpc) is 3.13. The lowest BCUT2D eigenvalue weighted by Gasteiger charge is -2.32. The van der Waals surface area contributed by atoms with Gasteiger partial charge in [0.15, 0.2) is 5.96 Å². The molecular weight excluding hydrogens is 433 g/mol. The lowest BCUT2D eigenvalue weighted by Crippen LogP contribution is -2.46. The second kappa shape index (κ2) is 10.1. The van der Waals surface area contributed by atoms with Crippen molar-refractivity contribution < 1.29 is 9.47 Å². The van der Waals surface area contributed by atoms with Crippen molar-refractivity contribution in [1.29, 1.82) is 0 Å². The molecule has 1 atom stereocenters. The maximum atomic E-state index is 5.45. The van der Waals surface area contributed by atoms with Gasteiger partial charge in [0.2, 0.25) is 5.88 Å². The van der Waals surface area contributed by atoms with Gasteiger partial charge in [-0.05, 0) is 12.0 Å². The summed E-state index contributed by atoms with van der Waals surface area (Å²) in [6, 6.07) is 4.51. The molecule has 0 saturated carbocycles. The van der Waals surface area contributed by atoms with Crippen LogP contribution in [0.2, 0.25) is 0 Å². The van der Waals surface area contributed by atoms with E-state index in [0.29, 0.717) is 18.5 Å². The van der Waals surface area contributed by atoms with Gasteiger partial charge >= 0.3 is 0 Å². The fourth-order valence-electron chi connectivity index (χ4n) is 3.32. The lowest BCUT2D eigenvalue weighted by molar-refractivity contribution is 0.0195. The topological polar surface area (TPSA) is 62.2 Å². The molecule has 1 unspecified atom stereocenters. The number of aliphatic imine (C=N–C) groups is 1. The molecule has 25 heavy (non-hydrogen) atoms. The molecule has 0 aromatic carbocycles. The number of nitrogens with one attached hydrogen (secondary N) is 1. The van der Waals surface area contributed by atoms with Gasteiger partial charge in [0, 0.05) is 58.1 Å². The van der Waals surface area contributed by atoms with Crippen LogP contribution in [-0.4, -0.2) is 80.3 Å². The maximum Gasteiger partial charge on any atom is 0.212 e. The second-order valence-corrected chi connectivity index (χ2v) is 6.15. The van der Waals surface area contributed by atoms with Crippen LogP contribution in [0.1, 0.15) is 12.0 Å². The second-order valence-electron chi connectivity index (χ2n) is 6.15. The van der Waals surface area contributed by atoms with E-state index in [1.165, 1.54) is 6.42 Å². The van der Waals surface area contributed by atoms with Gasteiger partial charge in [-0.15, -0.1) is 24.0 Å². The van der Waals surface area contributed by atoms with Crippen LogP contribution in [0.4, 0.5) is 0 Å². The Balaban J connectivity index is 0.00000225. The number of aromatic nitrogens is 1. The molecule has 140 valence electrons. The Morgan fingerprint density at radius 2 is 2.16 bits per heavy atom. The quantitative estimate of drug-likeness (QED) is 0.413. The van der Waals surface area contributed by atoms with Crippen molar-refractivity contribution in [2.24, 2.45) is 4.99 Å². The minimum Gasteiger partial charge on any atom is -0.481 e. The summed E-state index contributed by atoms with van der Waals surface area (Å²) in [6.07, 6.45) is 3.02. The van der Waals surface area contributed by atoms with E-state index in [9.17, 15) is 0 Å². The molecule has 1 aromatic rings. The molecule has 1 N–H and O–H groups in total. The SMILES string of the molecule is CN=C(NCc1ccc(OC)nc1)N1CCC(N2CCOCC2)C1.I. The van der Waals surface area contributed by atoms with Crippen LogP contribution in [0.25, 0.3) is 0 Å². The number of halogens is 1. The number of hydrogen-bond donors (Lipinski definition) is 1. The van der Waals surface area contributed by atoms with E-state index >= 15 is 0 Å². The van der Waals surface area contributed by atoms with Crippen LogP contribution in [0.5, 0.6) is 5.88 Å². The van der Waals surface area contributed by atoms with Crippen molar-refractivity contribution in [3.05, 3.63) is 23.9 Å². The number of likely N-dealkylation sites (tertiary alicyclic amines) is 1. The normalized spacial score (nSPS) is 21.8. The van der Waals surface area contributed by atoms with Gasteiger partial charge in [-0.1, -0.05) is 6.07 Å². The van der Waals surface area contributed by atoms with Crippen LogP contribution >= 0.6 is 24.0 Å². The fraction of sp³-hybridized carbons (Fsp3) is 0.647. The number of guanidine groups is 1. The first-order chi connectivity index (χ1) is 11.8. The monoisotopic (exact) mass is 461 g/mol. The molecule has 3 heterocycles. The highest BCUT2D eigenvalue weighted by atomic mass is 127. The fourth-order valence-corrected chi connectivity index (χ4v) is 3.32. The van der Waals surface area contributed by atoms with E-state index in [0.717, 1.165) is 50.9 Å². The van der Waals surface area contributed by atoms with Gasteiger partial charge in [0.25, 0.3) is 0 Å². The van der Waals surface area contributed by atoms with E-state index in [4.69, 9.17) is 9.47 Å². The molecule has 0 amide bonds. The summed E-state index contributed by atoms with van der Waals surface area (Å²) in [7, 11) is 3.47. The summed E-state index contributed by atoms with van der Waals surface area (Å²) in [5.41, 5.74) is 1.11. The molecular formula is C17H28IN5O2.